The fraction of sp³-hybridized carbons (Fsp3) is 0.258. The first kappa shape index (κ1) is 20.2. The molecule has 0 saturated heterocycles. The lowest BCUT2D eigenvalue weighted by Crippen LogP contribution is -2.26. The minimum Gasteiger partial charge on any atom is -0.337 e. The lowest BCUT2D eigenvalue weighted by atomic mass is 9.82. The SMILES string of the molecule is CC1(C)c2ccccc2-c2cc(N3c4ccc(-c5ccc(C=O)s5)cc4C4CCCC43)ccc21. The number of nitrogens with zero attached hydrogens (tertiary/aromatic N) is 1. The predicted molar refractivity (Wildman–Crippen MR) is 142 cm³/mol. The van der Waals surface area contributed by atoms with Crippen LogP contribution < -0.4 is 4.90 Å². The van der Waals surface area contributed by atoms with Crippen LogP contribution in [0.2, 0.25) is 0 Å². The highest BCUT2D eigenvalue weighted by atomic mass is 32.1. The Bertz CT molecular complexity index is 1460. The number of hydrogen-bond acceptors (Lipinski definition) is 3. The van der Waals surface area contributed by atoms with Gasteiger partial charge in [-0.1, -0.05) is 56.7 Å². The molecule has 0 radical (unpaired) electrons. The van der Waals surface area contributed by atoms with E-state index in [2.05, 4.69) is 85.5 Å². The molecule has 1 aromatic heterocycles. The van der Waals surface area contributed by atoms with Crippen molar-refractivity contribution >= 4 is 29.0 Å². The minimum absolute atomic E-state index is 0.0409. The van der Waals surface area contributed by atoms with Gasteiger partial charge in [-0.05, 0) is 82.6 Å². The Morgan fingerprint density at radius 2 is 1.76 bits per heavy atom. The second-order valence-corrected chi connectivity index (χ2v) is 11.6. The number of aldehydes is 1. The molecule has 0 N–H and O–H groups in total. The van der Waals surface area contributed by atoms with E-state index in [0.717, 1.165) is 11.2 Å². The first-order valence-electron chi connectivity index (χ1n) is 12.3. The molecule has 3 aromatic carbocycles. The molecule has 2 atom stereocenters. The van der Waals surface area contributed by atoms with Crippen LogP contribution in [0.5, 0.6) is 0 Å². The second kappa shape index (κ2) is 7.16. The molecule has 2 nitrogen and oxygen atoms in total. The van der Waals surface area contributed by atoms with E-state index in [0.29, 0.717) is 12.0 Å². The number of thiophene rings is 1. The average molecular weight is 462 g/mol. The Balaban J connectivity index is 1.35. The number of carbonyl (C=O) groups excluding carboxylic acids is 1. The molecule has 2 aliphatic carbocycles. The van der Waals surface area contributed by atoms with Gasteiger partial charge in [0.1, 0.15) is 0 Å². The second-order valence-electron chi connectivity index (χ2n) is 10.5. The number of carbonyl (C=O) groups is 1. The van der Waals surface area contributed by atoms with Crippen LogP contribution in [-0.4, -0.2) is 12.3 Å². The molecule has 34 heavy (non-hydrogen) atoms. The summed E-state index contributed by atoms with van der Waals surface area (Å²) in [6, 6.07) is 27.5. The average Bonchev–Trinajstić information content (AvgIpc) is 3.62. The number of anilines is 2. The quantitative estimate of drug-likeness (QED) is 0.286. The Morgan fingerprint density at radius 1 is 0.912 bits per heavy atom. The van der Waals surface area contributed by atoms with Crippen LogP contribution in [0.15, 0.2) is 72.8 Å². The van der Waals surface area contributed by atoms with Crippen LogP contribution in [0.3, 0.4) is 0 Å². The number of fused-ring (bicyclic) bond motifs is 6. The summed E-state index contributed by atoms with van der Waals surface area (Å²) in [5, 5.41) is 0. The molecule has 1 aliphatic heterocycles. The third-order valence-corrected chi connectivity index (χ3v) is 9.43. The molecule has 4 aromatic rings. The van der Waals surface area contributed by atoms with Gasteiger partial charge in [-0.2, -0.15) is 0 Å². The van der Waals surface area contributed by atoms with E-state index in [1.165, 1.54) is 68.9 Å². The highest BCUT2D eigenvalue weighted by Crippen LogP contribution is 2.55. The van der Waals surface area contributed by atoms with E-state index >= 15 is 0 Å². The molecular formula is C31H27NOS. The normalized spacial score (nSPS) is 21.2. The van der Waals surface area contributed by atoms with Crippen molar-refractivity contribution in [2.24, 2.45) is 0 Å². The lowest BCUT2D eigenvalue weighted by Gasteiger charge is -2.28. The highest BCUT2D eigenvalue weighted by Gasteiger charge is 2.43. The van der Waals surface area contributed by atoms with Crippen LogP contribution in [-0.2, 0) is 5.41 Å². The monoisotopic (exact) mass is 461 g/mol. The predicted octanol–water partition coefficient (Wildman–Crippen LogP) is 8.32. The van der Waals surface area contributed by atoms with Gasteiger partial charge in [-0.25, -0.2) is 0 Å². The fourth-order valence-electron chi connectivity index (χ4n) is 6.77. The molecule has 0 amide bonds. The van der Waals surface area contributed by atoms with Crippen LogP contribution in [0.1, 0.15) is 65.4 Å². The van der Waals surface area contributed by atoms with Gasteiger partial charge in [0, 0.05) is 33.6 Å². The third kappa shape index (κ3) is 2.71. The van der Waals surface area contributed by atoms with E-state index < -0.39 is 0 Å². The summed E-state index contributed by atoms with van der Waals surface area (Å²) in [4.78, 5) is 15.8. The molecule has 7 rings (SSSR count). The molecule has 0 bridgehead atoms. The van der Waals surface area contributed by atoms with E-state index in [-0.39, 0.29) is 5.41 Å². The molecule has 2 heterocycles. The van der Waals surface area contributed by atoms with E-state index in [9.17, 15) is 4.79 Å². The van der Waals surface area contributed by atoms with Gasteiger partial charge in [0.15, 0.2) is 6.29 Å². The summed E-state index contributed by atoms with van der Waals surface area (Å²) in [5.41, 5.74) is 11.0. The van der Waals surface area contributed by atoms with Crippen molar-refractivity contribution < 1.29 is 4.79 Å². The van der Waals surface area contributed by atoms with Crippen molar-refractivity contribution in [2.75, 3.05) is 4.90 Å². The van der Waals surface area contributed by atoms with Crippen LogP contribution in [0, 0.1) is 0 Å². The highest BCUT2D eigenvalue weighted by molar-refractivity contribution is 7.17. The maximum atomic E-state index is 11.2. The van der Waals surface area contributed by atoms with Crippen LogP contribution in [0.25, 0.3) is 21.6 Å². The summed E-state index contributed by atoms with van der Waals surface area (Å²) in [6.45, 7) is 4.69. The van der Waals surface area contributed by atoms with Crippen molar-refractivity contribution in [3.8, 4) is 21.6 Å². The molecule has 2 unspecified atom stereocenters. The van der Waals surface area contributed by atoms with E-state index in [1.807, 2.05) is 6.07 Å². The smallest absolute Gasteiger partial charge is 0.160 e. The van der Waals surface area contributed by atoms with Crippen molar-refractivity contribution in [1.29, 1.82) is 0 Å². The fourth-order valence-corrected chi connectivity index (χ4v) is 7.59. The molecule has 168 valence electrons. The lowest BCUT2D eigenvalue weighted by molar-refractivity contribution is 0.112. The van der Waals surface area contributed by atoms with Gasteiger partial charge in [0.2, 0.25) is 0 Å². The van der Waals surface area contributed by atoms with Gasteiger partial charge in [-0.15, -0.1) is 11.3 Å². The minimum atomic E-state index is 0.0409. The maximum absolute atomic E-state index is 11.2. The van der Waals surface area contributed by atoms with Gasteiger partial charge in [-0.3, -0.25) is 4.79 Å². The van der Waals surface area contributed by atoms with Gasteiger partial charge >= 0.3 is 0 Å². The molecule has 1 fully saturated rings. The zero-order chi connectivity index (χ0) is 23.0. The first-order chi connectivity index (χ1) is 16.6. The van der Waals surface area contributed by atoms with Crippen molar-refractivity contribution in [3.05, 3.63) is 94.4 Å². The van der Waals surface area contributed by atoms with Gasteiger partial charge in [0.25, 0.3) is 0 Å². The van der Waals surface area contributed by atoms with Crippen molar-refractivity contribution in [1.82, 2.24) is 0 Å². The third-order valence-electron chi connectivity index (χ3n) is 8.37. The Morgan fingerprint density at radius 3 is 2.62 bits per heavy atom. The van der Waals surface area contributed by atoms with Crippen LogP contribution in [0.4, 0.5) is 11.4 Å². The Kier molecular flexibility index (Phi) is 4.26. The van der Waals surface area contributed by atoms with Gasteiger partial charge < -0.3 is 4.90 Å². The number of hydrogen-bond donors (Lipinski definition) is 0. The summed E-state index contributed by atoms with van der Waals surface area (Å²) < 4.78 is 0. The van der Waals surface area contributed by atoms with Crippen molar-refractivity contribution in [2.45, 2.75) is 50.5 Å². The Hall–Kier alpha value is -3.17. The molecule has 1 saturated carbocycles. The molecule has 3 aliphatic rings. The van der Waals surface area contributed by atoms with Crippen LogP contribution >= 0.6 is 11.3 Å². The van der Waals surface area contributed by atoms with Gasteiger partial charge in [0.05, 0.1) is 4.88 Å². The summed E-state index contributed by atoms with van der Waals surface area (Å²) in [5.74, 6) is 0.581. The summed E-state index contributed by atoms with van der Waals surface area (Å²) in [7, 11) is 0. The zero-order valence-electron chi connectivity index (χ0n) is 19.5. The number of rotatable bonds is 3. The number of benzene rings is 3. The zero-order valence-corrected chi connectivity index (χ0v) is 20.4. The topological polar surface area (TPSA) is 20.3 Å². The van der Waals surface area contributed by atoms with E-state index in [4.69, 9.17) is 0 Å². The molecular weight excluding hydrogens is 434 g/mol. The maximum Gasteiger partial charge on any atom is 0.160 e. The largest absolute Gasteiger partial charge is 0.337 e. The standard InChI is InChI=1S/C31H27NOS/c1-31(2)26-8-4-3-6-22(26)24-17-20(11-13-27(24)31)32-28-9-5-7-23(28)25-16-19(10-14-29(25)32)30-15-12-21(18-33)34-30/h3-4,6,8,10-18,23,28H,5,7,9H2,1-2H3. The van der Waals surface area contributed by atoms with E-state index in [1.54, 1.807) is 11.3 Å². The Labute approximate surface area is 204 Å². The first-order valence-corrected chi connectivity index (χ1v) is 13.1. The summed E-state index contributed by atoms with van der Waals surface area (Å²) in [6.07, 6.45) is 4.72. The summed E-state index contributed by atoms with van der Waals surface area (Å²) >= 11 is 1.58. The molecule has 3 heteroatoms. The molecule has 0 spiro atoms. The van der Waals surface area contributed by atoms with Crippen molar-refractivity contribution in [3.63, 3.8) is 0 Å².